The summed E-state index contributed by atoms with van der Waals surface area (Å²) in [6.07, 6.45) is 4.04. The standard InChI is InChI=1S/C13H21N3O4S/c1-9-14-12(8-16(9)2)21(18,19)15-11-6-4-10(5-7-11)13(17)20-3/h8,10-11,15H,4-7H2,1-3H3. The van der Waals surface area contributed by atoms with E-state index in [4.69, 9.17) is 4.74 Å². The van der Waals surface area contributed by atoms with Crippen molar-refractivity contribution in [3.63, 3.8) is 0 Å². The Morgan fingerprint density at radius 2 is 2.00 bits per heavy atom. The third-order valence-electron chi connectivity index (χ3n) is 3.95. The van der Waals surface area contributed by atoms with E-state index in [2.05, 4.69) is 9.71 Å². The van der Waals surface area contributed by atoms with E-state index in [0.717, 1.165) is 0 Å². The molecule has 0 unspecified atom stereocenters. The molecular weight excluding hydrogens is 294 g/mol. The topological polar surface area (TPSA) is 90.3 Å². The van der Waals surface area contributed by atoms with Crippen molar-refractivity contribution in [1.29, 1.82) is 0 Å². The van der Waals surface area contributed by atoms with Gasteiger partial charge in [-0.2, -0.15) is 0 Å². The van der Waals surface area contributed by atoms with Crippen molar-refractivity contribution in [2.45, 2.75) is 43.7 Å². The first kappa shape index (κ1) is 16.0. The molecule has 0 amide bonds. The summed E-state index contributed by atoms with van der Waals surface area (Å²) in [5, 5.41) is 0.0394. The fourth-order valence-electron chi connectivity index (χ4n) is 2.55. The quantitative estimate of drug-likeness (QED) is 0.828. The van der Waals surface area contributed by atoms with Crippen LogP contribution in [0.1, 0.15) is 31.5 Å². The summed E-state index contributed by atoms with van der Waals surface area (Å²) in [6, 6.07) is -0.154. The molecule has 1 N–H and O–H groups in total. The maximum atomic E-state index is 12.3. The first-order valence-electron chi connectivity index (χ1n) is 6.93. The van der Waals surface area contributed by atoms with Crippen LogP contribution in [0.25, 0.3) is 0 Å². The van der Waals surface area contributed by atoms with Crippen LogP contribution in [0.5, 0.6) is 0 Å². The van der Waals surface area contributed by atoms with Gasteiger partial charge in [0.2, 0.25) is 0 Å². The van der Waals surface area contributed by atoms with Gasteiger partial charge in [0.15, 0.2) is 5.03 Å². The van der Waals surface area contributed by atoms with E-state index in [0.29, 0.717) is 31.5 Å². The van der Waals surface area contributed by atoms with E-state index < -0.39 is 10.0 Å². The zero-order valence-corrected chi connectivity index (χ0v) is 13.3. The number of sulfonamides is 1. The van der Waals surface area contributed by atoms with Gasteiger partial charge in [-0.3, -0.25) is 4.79 Å². The minimum Gasteiger partial charge on any atom is -0.469 e. The number of nitrogens with one attached hydrogen (secondary N) is 1. The molecule has 0 spiro atoms. The molecule has 1 aliphatic rings. The van der Waals surface area contributed by atoms with Gasteiger partial charge >= 0.3 is 5.97 Å². The summed E-state index contributed by atoms with van der Waals surface area (Å²) in [7, 11) is -0.475. The fourth-order valence-corrected chi connectivity index (χ4v) is 3.89. The van der Waals surface area contributed by atoms with E-state index >= 15 is 0 Å². The lowest BCUT2D eigenvalue weighted by Gasteiger charge is -2.27. The zero-order valence-electron chi connectivity index (χ0n) is 12.5. The number of methoxy groups -OCH3 is 1. The molecular formula is C13H21N3O4S. The average molecular weight is 315 g/mol. The summed E-state index contributed by atoms with van der Waals surface area (Å²) in [6.45, 7) is 1.75. The summed E-state index contributed by atoms with van der Waals surface area (Å²) in [4.78, 5) is 15.5. The molecule has 8 heteroatoms. The molecule has 0 atom stereocenters. The smallest absolute Gasteiger partial charge is 0.308 e. The molecule has 118 valence electrons. The van der Waals surface area contributed by atoms with Gasteiger partial charge in [0.1, 0.15) is 5.82 Å². The number of rotatable bonds is 4. The highest BCUT2D eigenvalue weighted by molar-refractivity contribution is 7.89. The van der Waals surface area contributed by atoms with Gasteiger partial charge in [-0.1, -0.05) is 0 Å². The first-order valence-corrected chi connectivity index (χ1v) is 8.42. The van der Waals surface area contributed by atoms with Gasteiger partial charge in [0, 0.05) is 19.3 Å². The van der Waals surface area contributed by atoms with E-state index in [1.165, 1.54) is 13.3 Å². The Kier molecular flexibility index (Phi) is 4.67. The van der Waals surface area contributed by atoms with E-state index in [-0.39, 0.29) is 23.0 Å². The maximum Gasteiger partial charge on any atom is 0.308 e. The Morgan fingerprint density at radius 1 is 1.38 bits per heavy atom. The van der Waals surface area contributed by atoms with Crippen molar-refractivity contribution in [1.82, 2.24) is 14.3 Å². The Balaban J connectivity index is 1.98. The van der Waals surface area contributed by atoms with Gasteiger partial charge in [-0.05, 0) is 32.6 Å². The van der Waals surface area contributed by atoms with Crippen molar-refractivity contribution in [2.75, 3.05) is 7.11 Å². The second-order valence-electron chi connectivity index (χ2n) is 5.43. The molecule has 0 radical (unpaired) electrons. The van der Waals surface area contributed by atoms with Crippen LogP contribution in [-0.2, 0) is 26.6 Å². The average Bonchev–Trinajstić information content (AvgIpc) is 2.79. The summed E-state index contributed by atoms with van der Waals surface area (Å²) in [5.74, 6) is 0.314. The van der Waals surface area contributed by atoms with Crippen LogP contribution in [0.15, 0.2) is 11.2 Å². The highest BCUT2D eigenvalue weighted by atomic mass is 32.2. The predicted octanol–water partition coefficient (Wildman–Crippen LogP) is 0.739. The normalized spacial score (nSPS) is 23.0. The molecule has 1 saturated carbocycles. The summed E-state index contributed by atoms with van der Waals surface area (Å²) in [5.41, 5.74) is 0. The molecule has 1 aliphatic carbocycles. The zero-order chi connectivity index (χ0) is 15.6. The maximum absolute atomic E-state index is 12.3. The molecule has 0 aliphatic heterocycles. The van der Waals surface area contributed by atoms with Crippen molar-refractivity contribution in [3.05, 3.63) is 12.0 Å². The van der Waals surface area contributed by atoms with E-state index in [1.807, 2.05) is 0 Å². The van der Waals surface area contributed by atoms with Crippen LogP contribution in [0.4, 0.5) is 0 Å². The number of nitrogens with zero attached hydrogens (tertiary/aromatic N) is 2. The van der Waals surface area contributed by atoms with Gasteiger partial charge in [-0.15, -0.1) is 0 Å². The van der Waals surface area contributed by atoms with Crippen molar-refractivity contribution in [3.8, 4) is 0 Å². The highest BCUT2D eigenvalue weighted by Gasteiger charge is 2.30. The van der Waals surface area contributed by atoms with Crippen LogP contribution in [0, 0.1) is 12.8 Å². The minimum absolute atomic E-state index is 0.0394. The molecule has 1 heterocycles. The number of imidazole rings is 1. The number of aryl methyl sites for hydroxylation is 2. The first-order chi connectivity index (χ1) is 9.83. The number of hydrogen-bond donors (Lipinski definition) is 1. The lowest BCUT2D eigenvalue weighted by Crippen LogP contribution is -2.39. The lowest BCUT2D eigenvalue weighted by atomic mass is 9.86. The molecule has 2 rings (SSSR count). The molecule has 21 heavy (non-hydrogen) atoms. The van der Waals surface area contributed by atoms with E-state index in [1.54, 1.807) is 18.5 Å². The van der Waals surface area contributed by atoms with Crippen LogP contribution in [0.3, 0.4) is 0 Å². The van der Waals surface area contributed by atoms with Crippen molar-refractivity contribution < 1.29 is 17.9 Å². The lowest BCUT2D eigenvalue weighted by molar-refractivity contribution is -0.146. The second kappa shape index (κ2) is 6.15. The monoisotopic (exact) mass is 315 g/mol. The highest BCUT2D eigenvalue weighted by Crippen LogP contribution is 2.26. The Labute approximate surface area is 124 Å². The van der Waals surface area contributed by atoms with Crippen LogP contribution in [0.2, 0.25) is 0 Å². The van der Waals surface area contributed by atoms with Gasteiger partial charge in [-0.25, -0.2) is 18.1 Å². The molecule has 0 saturated heterocycles. The Bertz CT molecular complexity index is 596. The number of carbonyl (C=O) groups excluding carboxylic acids is 1. The van der Waals surface area contributed by atoms with Crippen molar-refractivity contribution >= 4 is 16.0 Å². The molecule has 1 fully saturated rings. The van der Waals surface area contributed by atoms with Gasteiger partial charge in [0.25, 0.3) is 10.0 Å². The molecule has 1 aromatic rings. The van der Waals surface area contributed by atoms with Crippen LogP contribution < -0.4 is 4.72 Å². The number of hydrogen-bond acceptors (Lipinski definition) is 5. The Morgan fingerprint density at radius 3 is 2.48 bits per heavy atom. The fraction of sp³-hybridized carbons (Fsp3) is 0.692. The largest absolute Gasteiger partial charge is 0.469 e. The number of esters is 1. The summed E-state index contributed by atoms with van der Waals surface area (Å²) >= 11 is 0. The third kappa shape index (κ3) is 3.62. The van der Waals surface area contributed by atoms with E-state index in [9.17, 15) is 13.2 Å². The number of aromatic nitrogens is 2. The number of ether oxygens (including phenoxy) is 1. The molecule has 1 aromatic heterocycles. The SMILES string of the molecule is COC(=O)C1CCC(NS(=O)(=O)c2cn(C)c(C)n2)CC1. The third-order valence-corrected chi connectivity index (χ3v) is 5.34. The van der Waals surface area contributed by atoms with Crippen LogP contribution >= 0.6 is 0 Å². The molecule has 7 nitrogen and oxygen atoms in total. The summed E-state index contributed by atoms with van der Waals surface area (Å²) < 4.78 is 33.6. The van der Waals surface area contributed by atoms with Crippen molar-refractivity contribution in [2.24, 2.45) is 13.0 Å². The molecule has 0 bridgehead atoms. The predicted molar refractivity (Wildman–Crippen MR) is 76.0 cm³/mol. The van der Waals surface area contributed by atoms with Crippen LogP contribution in [-0.4, -0.2) is 37.1 Å². The second-order valence-corrected chi connectivity index (χ2v) is 7.09. The number of carbonyl (C=O) groups is 1. The Hall–Kier alpha value is -1.41. The van der Waals surface area contributed by atoms with Gasteiger partial charge in [0.05, 0.1) is 13.0 Å². The molecule has 0 aromatic carbocycles. The van der Waals surface area contributed by atoms with Gasteiger partial charge < -0.3 is 9.30 Å². The minimum atomic E-state index is -3.60.